The fraction of sp³-hybridized carbons (Fsp3) is 0.0769. The zero-order valence-corrected chi connectivity index (χ0v) is 11.0. The number of hydrogen-bond donors (Lipinski definition) is 1. The van der Waals surface area contributed by atoms with E-state index < -0.39 is 23.6 Å². The van der Waals surface area contributed by atoms with Crippen LogP contribution in [0.2, 0.25) is 5.02 Å². The fourth-order valence-electron chi connectivity index (χ4n) is 1.48. The number of alkyl halides is 3. The Morgan fingerprint density at radius 1 is 1.19 bits per heavy atom. The van der Waals surface area contributed by atoms with Gasteiger partial charge in [0.25, 0.3) is 5.91 Å². The summed E-state index contributed by atoms with van der Waals surface area (Å²) in [7, 11) is 0. The molecule has 0 saturated carbocycles. The SMILES string of the molecule is O=C(Nc1ccc(F)cc1Cl)c1ccc(C(F)(F)F)nc1. The molecule has 0 aliphatic rings. The van der Waals surface area contributed by atoms with Gasteiger partial charge in [0, 0.05) is 6.20 Å². The number of anilines is 1. The van der Waals surface area contributed by atoms with Gasteiger partial charge in [0.05, 0.1) is 16.3 Å². The van der Waals surface area contributed by atoms with Gasteiger partial charge in [-0.2, -0.15) is 13.2 Å². The van der Waals surface area contributed by atoms with Gasteiger partial charge in [0.2, 0.25) is 0 Å². The summed E-state index contributed by atoms with van der Waals surface area (Å²) in [5.41, 5.74) is -1.04. The van der Waals surface area contributed by atoms with Crippen LogP contribution in [-0.2, 0) is 6.18 Å². The molecule has 1 N–H and O–H groups in total. The zero-order valence-electron chi connectivity index (χ0n) is 10.2. The van der Waals surface area contributed by atoms with E-state index in [-0.39, 0.29) is 16.3 Å². The Labute approximate surface area is 121 Å². The summed E-state index contributed by atoms with van der Waals surface area (Å²) < 4.78 is 49.9. The first-order valence-corrected chi connectivity index (χ1v) is 5.95. The topological polar surface area (TPSA) is 42.0 Å². The average molecular weight is 319 g/mol. The molecule has 0 aliphatic carbocycles. The van der Waals surface area contributed by atoms with Gasteiger partial charge in [-0.25, -0.2) is 4.39 Å². The Morgan fingerprint density at radius 2 is 1.90 bits per heavy atom. The smallest absolute Gasteiger partial charge is 0.321 e. The molecule has 0 radical (unpaired) electrons. The lowest BCUT2D eigenvalue weighted by Gasteiger charge is -2.08. The minimum Gasteiger partial charge on any atom is -0.321 e. The first kappa shape index (κ1) is 15.2. The van der Waals surface area contributed by atoms with Crippen molar-refractivity contribution >= 4 is 23.2 Å². The molecule has 0 aliphatic heterocycles. The number of carbonyl (C=O) groups excluding carboxylic acids is 1. The normalized spacial score (nSPS) is 11.3. The van der Waals surface area contributed by atoms with Crippen molar-refractivity contribution in [1.29, 1.82) is 0 Å². The van der Waals surface area contributed by atoms with Gasteiger partial charge < -0.3 is 5.32 Å². The predicted octanol–water partition coefficient (Wildman–Crippen LogP) is 4.15. The molecule has 8 heteroatoms. The number of carbonyl (C=O) groups is 1. The minimum atomic E-state index is -4.57. The molecule has 0 bridgehead atoms. The van der Waals surface area contributed by atoms with Crippen molar-refractivity contribution < 1.29 is 22.4 Å². The summed E-state index contributed by atoms with van der Waals surface area (Å²) in [4.78, 5) is 15.0. The van der Waals surface area contributed by atoms with Gasteiger partial charge in [-0.3, -0.25) is 9.78 Å². The lowest BCUT2D eigenvalue weighted by molar-refractivity contribution is -0.141. The third-order valence-electron chi connectivity index (χ3n) is 2.50. The highest BCUT2D eigenvalue weighted by atomic mass is 35.5. The summed E-state index contributed by atoms with van der Waals surface area (Å²) in [6, 6.07) is 5.02. The molecular formula is C13H7ClF4N2O. The van der Waals surface area contributed by atoms with Crippen molar-refractivity contribution in [3.63, 3.8) is 0 Å². The number of nitrogens with one attached hydrogen (secondary N) is 1. The molecule has 0 saturated heterocycles. The van der Waals surface area contributed by atoms with Gasteiger partial charge in [0.1, 0.15) is 11.5 Å². The summed E-state index contributed by atoms with van der Waals surface area (Å²) in [6.07, 6.45) is -3.77. The second-order valence-corrected chi connectivity index (χ2v) is 4.42. The summed E-state index contributed by atoms with van der Waals surface area (Å²) in [5.74, 6) is -1.28. The lowest BCUT2D eigenvalue weighted by atomic mass is 10.2. The number of nitrogens with zero attached hydrogens (tertiary/aromatic N) is 1. The van der Waals surface area contributed by atoms with Crippen LogP contribution in [0.15, 0.2) is 36.5 Å². The molecule has 3 nitrogen and oxygen atoms in total. The Morgan fingerprint density at radius 3 is 2.43 bits per heavy atom. The Balaban J connectivity index is 2.17. The maximum atomic E-state index is 12.9. The number of pyridine rings is 1. The van der Waals surface area contributed by atoms with Crippen LogP contribution in [0.3, 0.4) is 0 Å². The minimum absolute atomic E-state index is 0.0248. The van der Waals surface area contributed by atoms with Crippen molar-refractivity contribution in [3.8, 4) is 0 Å². The van der Waals surface area contributed by atoms with E-state index in [0.717, 1.165) is 24.4 Å². The van der Waals surface area contributed by atoms with Crippen LogP contribution in [-0.4, -0.2) is 10.9 Å². The van der Waals surface area contributed by atoms with Crippen molar-refractivity contribution in [2.24, 2.45) is 0 Å². The van der Waals surface area contributed by atoms with Gasteiger partial charge in [-0.05, 0) is 30.3 Å². The van der Waals surface area contributed by atoms with Gasteiger partial charge >= 0.3 is 6.18 Å². The van der Waals surface area contributed by atoms with E-state index in [9.17, 15) is 22.4 Å². The van der Waals surface area contributed by atoms with E-state index in [0.29, 0.717) is 6.07 Å². The number of amides is 1. The van der Waals surface area contributed by atoms with Crippen molar-refractivity contribution in [1.82, 2.24) is 4.98 Å². The fourth-order valence-corrected chi connectivity index (χ4v) is 1.70. The highest BCUT2D eigenvalue weighted by Crippen LogP contribution is 2.27. The molecule has 1 aromatic carbocycles. The number of aromatic nitrogens is 1. The molecule has 0 fully saturated rings. The Kier molecular flexibility index (Phi) is 4.13. The van der Waals surface area contributed by atoms with Gasteiger partial charge in [0.15, 0.2) is 0 Å². The highest BCUT2D eigenvalue weighted by Gasteiger charge is 2.32. The van der Waals surface area contributed by atoms with E-state index in [2.05, 4.69) is 10.3 Å². The maximum Gasteiger partial charge on any atom is 0.433 e. The summed E-state index contributed by atoms with van der Waals surface area (Å²) in [6.45, 7) is 0. The highest BCUT2D eigenvalue weighted by molar-refractivity contribution is 6.33. The number of rotatable bonds is 2. The molecular weight excluding hydrogens is 312 g/mol. The standard InChI is InChI=1S/C13H7ClF4N2O/c14-9-5-8(15)2-3-10(9)20-12(21)7-1-4-11(19-6-7)13(16,17)18/h1-6H,(H,20,21). The van der Waals surface area contributed by atoms with Crippen LogP contribution < -0.4 is 5.32 Å². The van der Waals surface area contributed by atoms with Gasteiger partial charge in [-0.1, -0.05) is 11.6 Å². The van der Waals surface area contributed by atoms with Crippen LogP contribution in [0.4, 0.5) is 23.2 Å². The van der Waals surface area contributed by atoms with E-state index in [1.54, 1.807) is 0 Å². The third-order valence-corrected chi connectivity index (χ3v) is 2.81. The van der Waals surface area contributed by atoms with Crippen molar-refractivity contribution in [2.45, 2.75) is 6.18 Å². The molecule has 0 atom stereocenters. The Hall–Kier alpha value is -2.15. The first-order valence-electron chi connectivity index (χ1n) is 5.57. The monoisotopic (exact) mass is 318 g/mol. The van der Waals surface area contributed by atoms with Crippen LogP contribution >= 0.6 is 11.6 Å². The van der Waals surface area contributed by atoms with Crippen LogP contribution in [0.25, 0.3) is 0 Å². The summed E-state index contributed by atoms with van der Waals surface area (Å²) in [5, 5.41) is 2.33. The average Bonchev–Trinajstić information content (AvgIpc) is 2.41. The number of hydrogen-bond acceptors (Lipinski definition) is 2. The molecule has 110 valence electrons. The lowest BCUT2D eigenvalue weighted by Crippen LogP contribution is -2.14. The van der Waals surface area contributed by atoms with E-state index in [1.165, 1.54) is 6.07 Å². The van der Waals surface area contributed by atoms with E-state index in [1.807, 2.05) is 0 Å². The second kappa shape index (κ2) is 5.69. The van der Waals surface area contributed by atoms with Crippen LogP contribution in [0.1, 0.15) is 16.1 Å². The van der Waals surface area contributed by atoms with Crippen LogP contribution in [0, 0.1) is 5.82 Å². The molecule has 1 aromatic heterocycles. The third kappa shape index (κ3) is 3.69. The molecule has 2 aromatic rings. The number of halogens is 5. The van der Waals surface area contributed by atoms with Gasteiger partial charge in [-0.15, -0.1) is 0 Å². The number of benzene rings is 1. The van der Waals surface area contributed by atoms with E-state index >= 15 is 0 Å². The quantitative estimate of drug-likeness (QED) is 0.845. The molecule has 21 heavy (non-hydrogen) atoms. The molecule has 0 spiro atoms. The van der Waals surface area contributed by atoms with E-state index in [4.69, 9.17) is 11.6 Å². The second-order valence-electron chi connectivity index (χ2n) is 4.01. The molecule has 1 heterocycles. The zero-order chi connectivity index (χ0) is 15.6. The predicted molar refractivity (Wildman–Crippen MR) is 68.6 cm³/mol. The first-order chi connectivity index (χ1) is 9.77. The van der Waals surface area contributed by atoms with Crippen molar-refractivity contribution in [3.05, 3.63) is 58.6 Å². The van der Waals surface area contributed by atoms with Crippen LogP contribution in [0.5, 0.6) is 0 Å². The molecule has 1 amide bonds. The molecule has 2 rings (SSSR count). The maximum absolute atomic E-state index is 12.9. The Bertz CT molecular complexity index is 671. The summed E-state index contributed by atoms with van der Waals surface area (Å²) >= 11 is 5.73. The largest absolute Gasteiger partial charge is 0.433 e. The molecule has 0 unspecified atom stereocenters. The van der Waals surface area contributed by atoms with Crippen molar-refractivity contribution in [2.75, 3.05) is 5.32 Å².